The van der Waals surface area contributed by atoms with Crippen molar-refractivity contribution < 1.29 is 9.47 Å². The molecule has 2 nitrogen and oxygen atoms in total. The van der Waals surface area contributed by atoms with Crippen molar-refractivity contribution in [2.24, 2.45) is 0 Å². The van der Waals surface area contributed by atoms with Crippen LogP contribution in [-0.2, 0) is 0 Å². The Balaban J connectivity index is 1.59. The first-order valence-electron chi connectivity index (χ1n) is 19.9. The minimum absolute atomic E-state index is 0.755. The maximum absolute atomic E-state index is 6.38. The second kappa shape index (κ2) is 22.8. The van der Waals surface area contributed by atoms with Gasteiger partial charge in [0.15, 0.2) is 0 Å². The predicted molar refractivity (Wildman–Crippen MR) is 216 cm³/mol. The lowest BCUT2D eigenvalue weighted by molar-refractivity contribution is 0.304. The Morgan fingerprint density at radius 3 is 1.08 bits per heavy atom. The average Bonchev–Trinajstić information content (AvgIpc) is 3.14. The van der Waals surface area contributed by atoms with Gasteiger partial charge >= 0.3 is 0 Å². The summed E-state index contributed by atoms with van der Waals surface area (Å²) in [7, 11) is 0. The fraction of sp³-hybridized carbons (Fsp3) is 0.458. The van der Waals surface area contributed by atoms with Crippen molar-refractivity contribution in [3.63, 3.8) is 0 Å². The average molecular weight is 673 g/mol. The van der Waals surface area contributed by atoms with E-state index in [-0.39, 0.29) is 0 Å². The van der Waals surface area contributed by atoms with Crippen molar-refractivity contribution in [2.75, 3.05) is 13.2 Å². The normalized spacial score (nSPS) is 11.8. The van der Waals surface area contributed by atoms with Gasteiger partial charge < -0.3 is 9.47 Å². The van der Waals surface area contributed by atoms with Crippen LogP contribution in [0.3, 0.4) is 0 Å². The molecular weight excluding hydrogens is 609 g/mol. The van der Waals surface area contributed by atoms with Crippen LogP contribution in [0.2, 0.25) is 0 Å². The number of aryl methyl sites for hydroxylation is 2. The van der Waals surface area contributed by atoms with Crippen LogP contribution in [0.4, 0.5) is 0 Å². The Hall–Kier alpha value is -3.78. The summed E-state index contributed by atoms with van der Waals surface area (Å²) >= 11 is 0. The predicted octanol–water partition coefficient (Wildman–Crippen LogP) is 14.3. The largest absolute Gasteiger partial charge is 0.494 e. The zero-order valence-corrected chi connectivity index (χ0v) is 31.8. The summed E-state index contributed by atoms with van der Waals surface area (Å²) in [4.78, 5) is 0. The van der Waals surface area contributed by atoms with Crippen LogP contribution >= 0.6 is 0 Å². The highest BCUT2D eigenvalue weighted by atomic mass is 16.5. The van der Waals surface area contributed by atoms with Gasteiger partial charge in [-0.05, 0) is 84.4 Å². The first-order valence-corrected chi connectivity index (χ1v) is 19.9. The molecule has 0 aliphatic rings. The molecule has 0 amide bonds. The maximum atomic E-state index is 6.38. The van der Waals surface area contributed by atoms with E-state index in [0.29, 0.717) is 0 Å². The van der Waals surface area contributed by atoms with E-state index in [1.807, 2.05) is 0 Å². The molecule has 0 radical (unpaired) electrons. The molecule has 0 saturated heterocycles. The number of hydrogen-bond acceptors (Lipinski definition) is 2. The zero-order valence-electron chi connectivity index (χ0n) is 31.8. The molecule has 50 heavy (non-hydrogen) atoms. The molecule has 0 aliphatic carbocycles. The minimum Gasteiger partial charge on any atom is -0.494 e. The van der Waals surface area contributed by atoms with Crippen LogP contribution in [0.1, 0.15) is 150 Å². The number of unbranched alkanes of at least 4 members (excludes halogenated alkanes) is 14. The van der Waals surface area contributed by atoms with Crippen LogP contribution in [-0.4, -0.2) is 13.2 Å². The summed E-state index contributed by atoms with van der Waals surface area (Å²) in [6.07, 6.45) is 20.8. The molecule has 0 saturated carbocycles. The number of rotatable bonds is 24. The highest BCUT2D eigenvalue weighted by molar-refractivity contribution is 6.04. The van der Waals surface area contributed by atoms with Gasteiger partial charge in [0.25, 0.3) is 0 Å². The Morgan fingerprint density at radius 2 is 0.720 bits per heavy atom. The van der Waals surface area contributed by atoms with Crippen LogP contribution in [0.5, 0.6) is 11.5 Å². The fourth-order valence-corrected chi connectivity index (χ4v) is 6.69. The summed E-state index contributed by atoms with van der Waals surface area (Å²) in [6, 6.07) is 35.3. The summed E-state index contributed by atoms with van der Waals surface area (Å²) in [5, 5.41) is 0. The van der Waals surface area contributed by atoms with Gasteiger partial charge in [0.1, 0.15) is 11.5 Å². The molecular formula is C48H64O2. The summed E-state index contributed by atoms with van der Waals surface area (Å²) in [5.41, 5.74) is 9.60. The third-order valence-electron chi connectivity index (χ3n) is 9.71. The van der Waals surface area contributed by atoms with Crippen molar-refractivity contribution >= 4 is 11.1 Å². The lowest BCUT2D eigenvalue weighted by Gasteiger charge is -2.20. The lowest BCUT2D eigenvalue weighted by atomic mass is 9.85. The van der Waals surface area contributed by atoms with Gasteiger partial charge in [-0.2, -0.15) is 0 Å². The van der Waals surface area contributed by atoms with Crippen molar-refractivity contribution in [1.29, 1.82) is 0 Å². The molecule has 268 valence electrons. The molecule has 4 aromatic rings. The van der Waals surface area contributed by atoms with Gasteiger partial charge in [0, 0.05) is 0 Å². The third kappa shape index (κ3) is 13.5. The van der Waals surface area contributed by atoms with Crippen LogP contribution in [0.15, 0.2) is 97.1 Å². The second-order valence-electron chi connectivity index (χ2n) is 14.2. The molecule has 4 aromatic carbocycles. The van der Waals surface area contributed by atoms with E-state index in [0.717, 1.165) is 48.7 Å². The van der Waals surface area contributed by atoms with Crippen molar-refractivity contribution in [3.05, 3.63) is 130 Å². The third-order valence-corrected chi connectivity index (χ3v) is 9.71. The van der Waals surface area contributed by atoms with Gasteiger partial charge in [-0.1, -0.05) is 188 Å². The summed E-state index contributed by atoms with van der Waals surface area (Å²) in [6.45, 7) is 10.4. The Labute approximate surface area is 305 Å². The fourth-order valence-electron chi connectivity index (χ4n) is 6.69. The van der Waals surface area contributed by atoms with Gasteiger partial charge in [-0.3, -0.25) is 0 Å². The zero-order chi connectivity index (χ0) is 35.2. The smallest absolute Gasteiger partial charge is 0.119 e. The quantitative estimate of drug-likeness (QED) is 0.0545. The Bertz CT molecular complexity index is 1410. The maximum Gasteiger partial charge on any atom is 0.119 e. The molecule has 0 heterocycles. The molecule has 0 spiro atoms. The number of benzene rings is 4. The molecule has 0 fully saturated rings. The number of ether oxygens (including phenoxy) is 2. The van der Waals surface area contributed by atoms with Crippen LogP contribution in [0, 0.1) is 13.8 Å². The van der Waals surface area contributed by atoms with Crippen LogP contribution < -0.4 is 9.47 Å². The number of hydrogen-bond donors (Lipinski definition) is 0. The molecule has 2 heteroatoms. The topological polar surface area (TPSA) is 18.5 Å². The van der Waals surface area contributed by atoms with E-state index in [9.17, 15) is 0 Å². The molecule has 0 aliphatic heterocycles. The molecule has 0 bridgehead atoms. The van der Waals surface area contributed by atoms with Crippen molar-refractivity contribution in [1.82, 2.24) is 0 Å². The summed E-state index contributed by atoms with van der Waals surface area (Å²) in [5.74, 6) is 1.86. The van der Waals surface area contributed by atoms with Gasteiger partial charge in [0.2, 0.25) is 0 Å². The molecule has 0 N–H and O–H groups in total. The lowest BCUT2D eigenvalue weighted by Crippen LogP contribution is -2.01. The van der Waals surface area contributed by atoms with Gasteiger partial charge in [-0.25, -0.2) is 0 Å². The molecule has 0 atom stereocenters. The molecule has 0 aromatic heterocycles. The summed E-state index contributed by atoms with van der Waals surface area (Å²) < 4.78 is 12.8. The van der Waals surface area contributed by atoms with E-state index in [2.05, 4.69) is 125 Å². The SMILES string of the molecule is CCCCCCCCCCOc1cccc(/C(=C(\c2ccc(C)cc2)c2cccc(OCCCCCCCCCC)c2)c2ccc(C)cc2)c1. The van der Waals surface area contributed by atoms with Gasteiger partial charge in [-0.15, -0.1) is 0 Å². The molecule has 0 unspecified atom stereocenters. The van der Waals surface area contributed by atoms with E-state index in [1.54, 1.807) is 0 Å². The van der Waals surface area contributed by atoms with E-state index in [1.165, 1.54) is 123 Å². The minimum atomic E-state index is 0.755. The van der Waals surface area contributed by atoms with Crippen LogP contribution in [0.25, 0.3) is 11.1 Å². The molecule has 4 rings (SSSR count). The monoisotopic (exact) mass is 672 g/mol. The van der Waals surface area contributed by atoms with Crippen molar-refractivity contribution in [3.8, 4) is 11.5 Å². The van der Waals surface area contributed by atoms with Crippen molar-refractivity contribution in [2.45, 2.75) is 130 Å². The first kappa shape index (κ1) is 39.0. The standard InChI is InChI=1S/C48H64O2/c1-5-7-9-11-13-15-17-19-35-49-45-25-21-23-43(37-45)47(41-31-27-39(3)28-32-41)48(42-33-29-40(4)30-34-42)44-24-22-26-46(38-44)50-36-20-18-16-14-12-10-8-6-2/h21-34,37-38H,5-20,35-36H2,1-4H3/b48-47+. The van der Waals surface area contributed by atoms with E-state index < -0.39 is 0 Å². The van der Waals surface area contributed by atoms with E-state index in [4.69, 9.17) is 9.47 Å². The first-order chi connectivity index (χ1) is 24.6. The van der Waals surface area contributed by atoms with Gasteiger partial charge in [0.05, 0.1) is 13.2 Å². The highest BCUT2D eigenvalue weighted by Crippen LogP contribution is 2.39. The Kier molecular flexibility index (Phi) is 17.8. The second-order valence-corrected chi connectivity index (χ2v) is 14.2. The Morgan fingerprint density at radius 1 is 0.380 bits per heavy atom. The van der Waals surface area contributed by atoms with E-state index >= 15 is 0 Å². The highest BCUT2D eigenvalue weighted by Gasteiger charge is 2.18.